The van der Waals surface area contributed by atoms with E-state index < -0.39 is 18.1 Å². The van der Waals surface area contributed by atoms with Crippen LogP contribution in [0.15, 0.2) is 6.07 Å². The fraction of sp³-hybridized carbons (Fsp3) is 0.333. The fourth-order valence-electron chi connectivity index (χ4n) is 1.09. The molecule has 8 heteroatoms. The molecule has 0 saturated carbocycles. The highest BCUT2D eigenvalue weighted by Crippen LogP contribution is 2.27. The van der Waals surface area contributed by atoms with Gasteiger partial charge in [0.25, 0.3) is 5.95 Å². The van der Waals surface area contributed by atoms with Crippen LogP contribution in [0, 0.1) is 17.3 Å². The predicted molar refractivity (Wildman–Crippen MR) is 52.8 cm³/mol. The summed E-state index contributed by atoms with van der Waals surface area (Å²) in [6, 6.07) is 2.61. The number of rotatable bonds is 3. The van der Waals surface area contributed by atoms with Gasteiger partial charge in [-0.2, -0.15) is 9.65 Å². The number of nitriles is 1. The van der Waals surface area contributed by atoms with Gasteiger partial charge in [0, 0.05) is 5.33 Å². The van der Waals surface area contributed by atoms with Crippen molar-refractivity contribution in [3.05, 3.63) is 23.3 Å². The first kappa shape index (κ1) is 13.7. The van der Waals surface area contributed by atoms with Crippen LogP contribution in [-0.4, -0.2) is 11.3 Å². The van der Waals surface area contributed by atoms with E-state index in [9.17, 15) is 17.6 Å². The zero-order valence-corrected chi connectivity index (χ0v) is 9.77. The molecule has 0 bridgehead atoms. The van der Waals surface area contributed by atoms with Crippen molar-refractivity contribution in [3.63, 3.8) is 0 Å². The van der Waals surface area contributed by atoms with Gasteiger partial charge in [-0.15, -0.1) is 13.2 Å². The number of hydrogen-bond acceptors (Lipinski definition) is 3. The zero-order chi connectivity index (χ0) is 13.1. The van der Waals surface area contributed by atoms with Crippen molar-refractivity contribution in [1.29, 1.82) is 5.26 Å². The summed E-state index contributed by atoms with van der Waals surface area (Å²) in [6.45, 7) is 0. The highest BCUT2D eigenvalue weighted by molar-refractivity contribution is 9.08. The van der Waals surface area contributed by atoms with Crippen LogP contribution in [0.4, 0.5) is 17.6 Å². The van der Waals surface area contributed by atoms with Crippen molar-refractivity contribution in [2.75, 3.05) is 0 Å². The predicted octanol–water partition coefficient (Wildman–Crippen LogP) is 3.08. The van der Waals surface area contributed by atoms with Gasteiger partial charge < -0.3 is 4.74 Å². The minimum absolute atomic E-state index is 0.0800. The first-order chi connectivity index (χ1) is 7.87. The summed E-state index contributed by atoms with van der Waals surface area (Å²) in [4.78, 5) is 3.27. The van der Waals surface area contributed by atoms with Gasteiger partial charge in [0.15, 0.2) is 5.75 Å². The summed E-state index contributed by atoms with van der Waals surface area (Å²) in [5, 5.41) is 8.59. The molecule has 0 aromatic carbocycles. The van der Waals surface area contributed by atoms with Gasteiger partial charge in [-0.05, 0) is 11.6 Å². The van der Waals surface area contributed by atoms with Gasteiger partial charge in [-0.3, -0.25) is 0 Å². The van der Waals surface area contributed by atoms with Gasteiger partial charge >= 0.3 is 6.36 Å². The highest BCUT2D eigenvalue weighted by Gasteiger charge is 2.33. The van der Waals surface area contributed by atoms with Crippen LogP contribution in [-0.2, 0) is 11.8 Å². The highest BCUT2D eigenvalue weighted by atomic mass is 79.9. The van der Waals surface area contributed by atoms with Gasteiger partial charge in [-0.1, -0.05) is 15.9 Å². The van der Waals surface area contributed by atoms with Crippen LogP contribution in [0.5, 0.6) is 5.75 Å². The maximum absolute atomic E-state index is 13.2. The molecular weight excluding hydrogens is 308 g/mol. The van der Waals surface area contributed by atoms with Crippen LogP contribution in [0.2, 0.25) is 0 Å². The molecule has 0 fully saturated rings. The number of halogens is 5. The molecule has 1 aromatic rings. The maximum Gasteiger partial charge on any atom is 0.573 e. The Morgan fingerprint density at radius 3 is 2.59 bits per heavy atom. The number of aromatic nitrogens is 1. The fourth-order valence-corrected chi connectivity index (χ4v) is 1.57. The van der Waals surface area contributed by atoms with E-state index in [2.05, 4.69) is 25.7 Å². The van der Waals surface area contributed by atoms with Crippen LogP contribution >= 0.6 is 15.9 Å². The van der Waals surface area contributed by atoms with Gasteiger partial charge in [-0.25, -0.2) is 4.98 Å². The minimum atomic E-state index is -4.98. The van der Waals surface area contributed by atoms with E-state index in [1.165, 1.54) is 0 Å². The van der Waals surface area contributed by atoms with Crippen LogP contribution < -0.4 is 4.74 Å². The average Bonchev–Trinajstić information content (AvgIpc) is 2.20. The lowest BCUT2D eigenvalue weighted by atomic mass is 10.2. The largest absolute Gasteiger partial charge is 0.573 e. The summed E-state index contributed by atoms with van der Waals surface area (Å²) >= 11 is 3.01. The number of ether oxygens (including phenoxy) is 1. The Morgan fingerprint density at radius 2 is 2.12 bits per heavy atom. The lowest BCUT2D eigenvalue weighted by Gasteiger charge is -2.11. The number of hydrogen-bond donors (Lipinski definition) is 0. The molecule has 0 N–H and O–H groups in total. The smallest absolute Gasteiger partial charge is 0.401 e. The van der Waals surface area contributed by atoms with Crippen molar-refractivity contribution >= 4 is 15.9 Å². The monoisotopic (exact) mass is 312 g/mol. The van der Waals surface area contributed by atoms with Crippen LogP contribution in [0.1, 0.15) is 11.3 Å². The molecule has 3 nitrogen and oxygen atoms in total. The van der Waals surface area contributed by atoms with Crippen molar-refractivity contribution < 1.29 is 22.3 Å². The number of pyridine rings is 1. The third kappa shape index (κ3) is 3.85. The Hall–Kier alpha value is -1.36. The quantitative estimate of drug-likeness (QED) is 0.489. The van der Waals surface area contributed by atoms with Gasteiger partial charge in [0.1, 0.15) is 0 Å². The normalized spacial score (nSPS) is 11.1. The molecule has 92 valence electrons. The lowest BCUT2D eigenvalue weighted by Crippen LogP contribution is -2.19. The second-order valence-electron chi connectivity index (χ2n) is 2.90. The van der Waals surface area contributed by atoms with E-state index >= 15 is 0 Å². The molecule has 0 aliphatic carbocycles. The van der Waals surface area contributed by atoms with Crippen molar-refractivity contribution in [1.82, 2.24) is 4.98 Å². The van der Waals surface area contributed by atoms with Crippen LogP contribution in [0.25, 0.3) is 0 Å². The molecule has 1 rings (SSSR count). The van der Waals surface area contributed by atoms with E-state index in [-0.39, 0.29) is 23.0 Å². The van der Waals surface area contributed by atoms with Crippen molar-refractivity contribution in [2.45, 2.75) is 18.1 Å². The maximum atomic E-state index is 13.2. The first-order valence-corrected chi connectivity index (χ1v) is 5.36. The second-order valence-corrected chi connectivity index (χ2v) is 3.46. The third-order valence-corrected chi connectivity index (χ3v) is 2.33. The summed E-state index contributed by atoms with van der Waals surface area (Å²) in [6.07, 6.45) is -5.17. The van der Waals surface area contributed by atoms with E-state index in [4.69, 9.17) is 5.26 Å². The summed E-state index contributed by atoms with van der Waals surface area (Å²) in [7, 11) is 0. The van der Waals surface area contributed by atoms with Crippen molar-refractivity contribution in [2.24, 2.45) is 0 Å². The molecule has 0 amide bonds. The Labute approximate surface area is 102 Å². The van der Waals surface area contributed by atoms with Gasteiger partial charge in [0.05, 0.1) is 18.2 Å². The first-order valence-electron chi connectivity index (χ1n) is 4.24. The minimum Gasteiger partial charge on any atom is -0.401 e. The molecule has 1 heterocycles. The van der Waals surface area contributed by atoms with Crippen molar-refractivity contribution in [3.8, 4) is 11.8 Å². The van der Waals surface area contributed by atoms with Gasteiger partial charge in [0.2, 0.25) is 0 Å². The second kappa shape index (κ2) is 5.31. The lowest BCUT2D eigenvalue weighted by molar-refractivity contribution is -0.275. The van der Waals surface area contributed by atoms with Crippen LogP contribution in [0.3, 0.4) is 0 Å². The number of alkyl halides is 4. The molecule has 0 spiro atoms. The summed E-state index contributed by atoms with van der Waals surface area (Å²) < 4.78 is 52.4. The Bertz CT molecular complexity index is 456. The Kier molecular flexibility index (Phi) is 4.28. The van der Waals surface area contributed by atoms with E-state index in [0.717, 1.165) is 6.07 Å². The molecule has 0 saturated heterocycles. The Balaban J connectivity index is 3.14. The molecule has 17 heavy (non-hydrogen) atoms. The summed E-state index contributed by atoms with van der Waals surface area (Å²) in [5.41, 5.74) is 0.351. The molecule has 0 aliphatic heterocycles. The molecule has 0 radical (unpaired) electrons. The van der Waals surface area contributed by atoms with E-state index in [1.54, 1.807) is 6.07 Å². The number of nitrogens with zero attached hydrogens (tertiary/aromatic N) is 2. The van der Waals surface area contributed by atoms with E-state index in [0.29, 0.717) is 0 Å². The molecular formula is C9H5BrF4N2O. The molecule has 0 unspecified atom stereocenters. The average molecular weight is 313 g/mol. The third-order valence-electron chi connectivity index (χ3n) is 1.73. The zero-order valence-electron chi connectivity index (χ0n) is 8.18. The van der Waals surface area contributed by atoms with E-state index in [1.807, 2.05) is 0 Å². The molecule has 0 aliphatic rings. The molecule has 0 atom stereocenters. The standard InChI is InChI=1S/C9H5BrF4N2O/c10-4-5-3-7(17-9(12,13)14)8(11)16-6(5)1-2-15/h3H,1,4H2. The molecule has 1 aromatic heterocycles. The topological polar surface area (TPSA) is 45.9 Å². The Morgan fingerprint density at radius 1 is 1.47 bits per heavy atom. The summed E-state index contributed by atoms with van der Waals surface area (Å²) in [5.74, 6) is -2.40. The SMILES string of the molecule is N#CCc1nc(F)c(OC(F)(F)F)cc1CBr.